The summed E-state index contributed by atoms with van der Waals surface area (Å²) in [4.78, 5) is 5.08. The molecule has 0 amide bonds. The van der Waals surface area contributed by atoms with Gasteiger partial charge in [-0.15, -0.1) is 0 Å². The molecular formula is C85H80N2O2Si. The number of fused-ring (bicyclic) bond motifs is 14. The monoisotopic (exact) mass is 1190 g/mol. The van der Waals surface area contributed by atoms with Crippen molar-refractivity contribution >= 4 is 96.4 Å². The summed E-state index contributed by atoms with van der Waals surface area (Å²) in [6, 6.07) is 87.7. The van der Waals surface area contributed by atoms with E-state index in [9.17, 15) is 0 Å². The molecule has 4 nitrogen and oxygen atoms in total. The maximum absolute atomic E-state index is 7.78. The van der Waals surface area contributed by atoms with Crippen LogP contribution in [0.4, 0.5) is 34.1 Å². The Labute approximate surface area is 532 Å². The van der Waals surface area contributed by atoms with Crippen molar-refractivity contribution < 1.29 is 8.83 Å². The van der Waals surface area contributed by atoms with E-state index >= 15 is 0 Å². The molecule has 13 aromatic rings. The van der Waals surface area contributed by atoms with Crippen LogP contribution in [-0.2, 0) is 27.1 Å². The summed E-state index contributed by atoms with van der Waals surface area (Å²) in [6.45, 7) is 32.8. The van der Waals surface area contributed by atoms with Crippen LogP contribution in [0.2, 0.25) is 13.1 Å². The van der Waals surface area contributed by atoms with Gasteiger partial charge in [-0.3, -0.25) is 0 Å². The Kier molecular flexibility index (Phi) is 12.8. The van der Waals surface area contributed by atoms with Crippen molar-refractivity contribution in [2.75, 3.05) is 9.80 Å². The van der Waals surface area contributed by atoms with Gasteiger partial charge in [0.05, 0.1) is 16.5 Å². The number of hydrogen-bond acceptors (Lipinski definition) is 4. The van der Waals surface area contributed by atoms with Gasteiger partial charge in [-0.2, -0.15) is 0 Å². The Balaban J connectivity index is 1.18. The van der Waals surface area contributed by atoms with Crippen molar-refractivity contribution in [1.29, 1.82) is 0 Å². The van der Waals surface area contributed by atoms with E-state index in [2.05, 4.69) is 337 Å². The molecular weight excluding hydrogens is 1110 g/mol. The predicted molar refractivity (Wildman–Crippen MR) is 385 cm³/mol. The SMILES string of the molecule is CC(C)(C)c1ccc(N(c2ccccc2)c2cc3c(c4c2[Si](C)(C)c2ccccc2-4)-c2c(cc(N(c4ccccc4)c4ccc(C(C)(C)C)cc4)c4c2oc2ccccc24)C3(c2ccc(C(C)(C)C)cc2)c2ccc3oc4ccc(C(C)(C)C)cc4c3c2)cc1. The van der Waals surface area contributed by atoms with Crippen LogP contribution < -0.4 is 20.2 Å². The number of anilines is 6. The Hall–Kier alpha value is -9.16. The Morgan fingerprint density at radius 2 is 0.778 bits per heavy atom. The molecule has 1 atom stereocenters. The van der Waals surface area contributed by atoms with Gasteiger partial charge in [-0.1, -0.05) is 236 Å². The zero-order valence-corrected chi connectivity index (χ0v) is 55.7. The summed E-state index contributed by atoms with van der Waals surface area (Å²) in [5.41, 5.74) is 23.6. The van der Waals surface area contributed by atoms with E-state index in [0.717, 1.165) is 83.4 Å². The average Bonchev–Trinajstić information content (AvgIpc) is 1.49. The van der Waals surface area contributed by atoms with Gasteiger partial charge in [0.25, 0.3) is 0 Å². The van der Waals surface area contributed by atoms with Crippen LogP contribution in [0.15, 0.2) is 239 Å². The number of benzene rings is 11. The van der Waals surface area contributed by atoms with E-state index in [1.54, 1.807) is 0 Å². The molecule has 1 aliphatic heterocycles. The van der Waals surface area contributed by atoms with Crippen LogP contribution in [0.5, 0.6) is 0 Å². The van der Waals surface area contributed by atoms with Crippen molar-refractivity contribution in [3.05, 3.63) is 275 Å². The van der Waals surface area contributed by atoms with E-state index in [1.165, 1.54) is 71.7 Å². The number of rotatable bonds is 8. The predicted octanol–water partition coefficient (Wildman–Crippen LogP) is 22.8. The molecule has 2 aromatic heterocycles. The number of furan rings is 2. The van der Waals surface area contributed by atoms with Gasteiger partial charge in [-0.25, -0.2) is 0 Å². The Morgan fingerprint density at radius 3 is 1.36 bits per heavy atom. The Bertz CT molecular complexity index is 4980. The van der Waals surface area contributed by atoms with Gasteiger partial charge in [0.15, 0.2) is 0 Å². The summed E-state index contributed by atoms with van der Waals surface area (Å²) in [5.74, 6) is 0. The Morgan fingerprint density at radius 1 is 0.344 bits per heavy atom. The molecule has 90 heavy (non-hydrogen) atoms. The van der Waals surface area contributed by atoms with Crippen molar-refractivity contribution in [3.8, 4) is 22.3 Å². The lowest BCUT2D eigenvalue weighted by Gasteiger charge is -2.37. The fourth-order valence-corrected chi connectivity index (χ4v) is 18.5. The van der Waals surface area contributed by atoms with Gasteiger partial charge < -0.3 is 18.6 Å². The molecule has 0 saturated carbocycles. The molecule has 5 heteroatoms. The summed E-state index contributed by atoms with van der Waals surface area (Å²) in [7, 11) is -2.60. The van der Waals surface area contributed by atoms with Gasteiger partial charge in [0, 0.05) is 50.2 Å². The maximum Gasteiger partial charge on any atom is 0.145 e. The zero-order chi connectivity index (χ0) is 62.6. The first kappa shape index (κ1) is 57.3. The van der Waals surface area contributed by atoms with Crippen LogP contribution in [0.1, 0.15) is 128 Å². The standard InChI is InChI=1S/C85H80N2O2Si/c1-81(2,3)53-33-35-56(36-34-53)85(58-42-48-73-66(50-58)65-49-57(84(10,11)12)41-47-72(65)88-73)67-52-70(87(60-27-19-16-20-28-60)62-45-39-55(40-46-62)83(7,8)9)80-76(64-30-22-24-32-74(64)90(80,13)14)77(67)78-68(85)51-69(75-63-29-21-23-31-71(63)89-79(75)78)86(59-25-17-15-18-26-59)61-43-37-54(38-44-61)82(4,5)6/h15-52H,1-14H3. The lowest BCUT2D eigenvalue weighted by atomic mass is 9.66. The molecule has 0 radical (unpaired) electrons. The first-order chi connectivity index (χ1) is 42.9. The first-order valence-corrected chi connectivity index (χ1v) is 35.2. The molecule has 0 saturated heterocycles. The maximum atomic E-state index is 7.78. The average molecular weight is 1190 g/mol. The van der Waals surface area contributed by atoms with E-state index in [1.807, 2.05) is 0 Å². The minimum Gasteiger partial charge on any atom is -0.456 e. The van der Waals surface area contributed by atoms with Gasteiger partial charge >= 0.3 is 0 Å². The van der Waals surface area contributed by atoms with E-state index in [4.69, 9.17) is 8.83 Å². The summed E-state index contributed by atoms with van der Waals surface area (Å²) >= 11 is 0. The normalized spacial score (nSPS) is 15.4. The highest BCUT2D eigenvalue weighted by Crippen LogP contribution is 2.65. The third kappa shape index (κ3) is 8.81. The molecule has 0 fully saturated rings. The van der Waals surface area contributed by atoms with E-state index in [0.29, 0.717) is 0 Å². The van der Waals surface area contributed by atoms with Crippen molar-refractivity contribution in [2.24, 2.45) is 0 Å². The molecule has 11 aromatic carbocycles. The molecule has 0 N–H and O–H groups in total. The second-order valence-corrected chi connectivity index (χ2v) is 34.4. The van der Waals surface area contributed by atoms with Crippen LogP contribution in [-0.4, -0.2) is 8.07 Å². The summed E-state index contributed by atoms with van der Waals surface area (Å²) in [6.07, 6.45) is 0. The smallest absolute Gasteiger partial charge is 0.145 e. The third-order valence-electron chi connectivity index (χ3n) is 19.9. The lowest BCUT2D eigenvalue weighted by molar-refractivity contribution is 0.589. The molecule has 0 bridgehead atoms. The lowest BCUT2D eigenvalue weighted by Crippen LogP contribution is -2.50. The molecule has 0 spiro atoms. The highest BCUT2D eigenvalue weighted by Gasteiger charge is 2.54. The number of nitrogens with zero attached hydrogens (tertiary/aromatic N) is 2. The molecule has 1 unspecified atom stereocenters. The van der Waals surface area contributed by atoms with Crippen molar-refractivity contribution in [1.82, 2.24) is 0 Å². The minimum absolute atomic E-state index is 0.0298. The van der Waals surface area contributed by atoms with E-state index in [-0.39, 0.29) is 21.7 Å². The van der Waals surface area contributed by atoms with Crippen LogP contribution in [0.25, 0.3) is 66.1 Å². The van der Waals surface area contributed by atoms with Crippen LogP contribution >= 0.6 is 0 Å². The zero-order valence-electron chi connectivity index (χ0n) is 54.7. The van der Waals surface area contributed by atoms with Crippen LogP contribution in [0, 0.1) is 0 Å². The molecule has 3 heterocycles. The highest BCUT2D eigenvalue weighted by atomic mass is 28.3. The highest BCUT2D eigenvalue weighted by molar-refractivity contribution is 7.05. The topological polar surface area (TPSA) is 32.8 Å². The van der Waals surface area contributed by atoms with Gasteiger partial charge in [-0.05, 0) is 184 Å². The fourth-order valence-electron chi connectivity index (χ4n) is 15.1. The number of para-hydroxylation sites is 3. The van der Waals surface area contributed by atoms with Gasteiger partial charge in [0.2, 0.25) is 0 Å². The second kappa shape index (κ2) is 20.2. The van der Waals surface area contributed by atoms with Crippen molar-refractivity contribution in [3.63, 3.8) is 0 Å². The van der Waals surface area contributed by atoms with Crippen LogP contribution in [0.3, 0.4) is 0 Å². The van der Waals surface area contributed by atoms with Gasteiger partial charge in [0.1, 0.15) is 30.4 Å². The second-order valence-electron chi connectivity index (χ2n) is 30.1. The molecule has 1 aliphatic carbocycles. The largest absolute Gasteiger partial charge is 0.456 e. The van der Waals surface area contributed by atoms with E-state index < -0.39 is 13.5 Å². The quantitative estimate of drug-likeness (QED) is 0.142. The first-order valence-electron chi connectivity index (χ1n) is 32.2. The molecule has 15 rings (SSSR count). The minimum atomic E-state index is -2.60. The number of hydrogen-bond donors (Lipinski definition) is 0. The third-order valence-corrected chi connectivity index (χ3v) is 23.5. The fraction of sp³-hybridized carbons (Fsp3) is 0.224. The van der Waals surface area contributed by atoms with Crippen molar-refractivity contribution in [2.45, 2.75) is 123 Å². The summed E-state index contributed by atoms with van der Waals surface area (Å²) < 4.78 is 14.7. The molecule has 446 valence electrons. The summed E-state index contributed by atoms with van der Waals surface area (Å²) in [5, 5.41) is 7.21. The molecule has 2 aliphatic rings.